The van der Waals surface area contributed by atoms with E-state index in [4.69, 9.17) is 0 Å². The predicted molar refractivity (Wildman–Crippen MR) is 134 cm³/mol. The van der Waals surface area contributed by atoms with Crippen molar-refractivity contribution in [1.29, 1.82) is 5.26 Å². The van der Waals surface area contributed by atoms with Crippen LogP contribution in [0.1, 0.15) is 28.2 Å². The number of aryl methyl sites for hydroxylation is 1. The average molecular weight is 481 g/mol. The lowest BCUT2D eigenvalue weighted by Gasteiger charge is -2.09. The Labute approximate surface area is 195 Å². The Kier molecular flexibility index (Phi) is 5.16. The number of aromatic nitrogens is 3. The second-order valence-corrected chi connectivity index (χ2v) is 8.92. The molecule has 0 aliphatic carbocycles. The fourth-order valence-electron chi connectivity index (χ4n) is 4.17. The molecule has 1 N–H and O–H groups in total. The molecule has 0 saturated carbocycles. The van der Waals surface area contributed by atoms with Crippen molar-refractivity contribution < 1.29 is 0 Å². The Morgan fingerprint density at radius 1 is 1.09 bits per heavy atom. The molecule has 0 aliphatic rings. The van der Waals surface area contributed by atoms with Gasteiger partial charge in [0.2, 0.25) is 0 Å². The van der Waals surface area contributed by atoms with Gasteiger partial charge in [-0.15, -0.1) is 0 Å². The summed E-state index contributed by atoms with van der Waals surface area (Å²) in [7, 11) is 0. The number of para-hydroxylation sites is 1. The zero-order valence-electron chi connectivity index (χ0n) is 17.9. The molecule has 0 saturated heterocycles. The van der Waals surface area contributed by atoms with Crippen molar-refractivity contribution in [2.45, 2.75) is 20.4 Å². The highest BCUT2D eigenvalue weighted by atomic mass is 79.9. The number of fused-ring (bicyclic) bond motifs is 2. The van der Waals surface area contributed by atoms with Crippen LogP contribution in [0.3, 0.4) is 0 Å². The van der Waals surface area contributed by atoms with Crippen LogP contribution < -0.4 is 0 Å². The van der Waals surface area contributed by atoms with Gasteiger partial charge in [-0.1, -0.05) is 52.3 Å². The van der Waals surface area contributed by atoms with Crippen LogP contribution in [0, 0.1) is 25.2 Å². The topological polar surface area (TPSA) is 57.4 Å². The molecule has 4 nitrogen and oxygen atoms in total. The Morgan fingerprint density at radius 2 is 1.88 bits per heavy atom. The van der Waals surface area contributed by atoms with Gasteiger partial charge < -0.3 is 9.55 Å². The first-order valence-electron chi connectivity index (χ1n) is 10.4. The maximum absolute atomic E-state index is 9.96. The molecule has 0 radical (unpaired) electrons. The summed E-state index contributed by atoms with van der Waals surface area (Å²) in [6, 6.07) is 25.1. The van der Waals surface area contributed by atoms with Crippen molar-refractivity contribution in [3.05, 3.63) is 99.4 Å². The van der Waals surface area contributed by atoms with E-state index < -0.39 is 0 Å². The molecule has 0 bridgehead atoms. The lowest BCUT2D eigenvalue weighted by Crippen LogP contribution is -2.01. The predicted octanol–water partition coefficient (Wildman–Crippen LogP) is 7.01. The maximum Gasteiger partial charge on any atom is 0.149 e. The van der Waals surface area contributed by atoms with Gasteiger partial charge in [-0.05, 0) is 61.4 Å². The molecule has 0 spiro atoms. The van der Waals surface area contributed by atoms with Gasteiger partial charge in [0.05, 0.1) is 16.6 Å². The first-order valence-corrected chi connectivity index (χ1v) is 11.2. The summed E-state index contributed by atoms with van der Waals surface area (Å²) in [4.78, 5) is 7.97. The van der Waals surface area contributed by atoms with Gasteiger partial charge in [0.1, 0.15) is 11.9 Å². The fourth-order valence-corrected chi connectivity index (χ4v) is 4.43. The van der Waals surface area contributed by atoms with Gasteiger partial charge in [-0.25, -0.2) is 4.98 Å². The van der Waals surface area contributed by atoms with Crippen LogP contribution in [0.15, 0.2) is 71.2 Å². The van der Waals surface area contributed by atoms with Crippen LogP contribution in [-0.4, -0.2) is 14.5 Å². The van der Waals surface area contributed by atoms with E-state index in [0.717, 1.165) is 49.8 Å². The van der Waals surface area contributed by atoms with E-state index >= 15 is 0 Å². The minimum atomic E-state index is 0.522. The lowest BCUT2D eigenvalue weighted by molar-refractivity contribution is 0.804. The van der Waals surface area contributed by atoms with Crippen molar-refractivity contribution in [2.75, 3.05) is 0 Å². The molecule has 3 aromatic carbocycles. The Balaban J connectivity index is 1.64. The van der Waals surface area contributed by atoms with E-state index in [2.05, 4.69) is 92.0 Å². The largest absolute Gasteiger partial charge is 0.340 e. The van der Waals surface area contributed by atoms with Gasteiger partial charge >= 0.3 is 0 Å². The summed E-state index contributed by atoms with van der Waals surface area (Å²) in [5.41, 5.74) is 8.02. The van der Waals surface area contributed by atoms with Crippen molar-refractivity contribution in [2.24, 2.45) is 0 Å². The maximum atomic E-state index is 9.96. The number of nitrogens with zero attached hydrogens (tertiary/aromatic N) is 3. The number of aromatic amines is 1. The highest BCUT2D eigenvalue weighted by Crippen LogP contribution is 2.30. The summed E-state index contributed by atoms with van der Waals surface area (Å²) in [6.45, 7) is 4.92. The van der Waals surface area contributed by atoms with Gasteiger partial charge in [0, 0.05) is 33.2 Å². The highest BCUT2D eigenvalue weighted by Gasteiger charge is 2.15. The van der Waals surface area contributed by atoms with Gasteiger partial charge in [-0.3, -0.25) is 0 Å². The normalized spacial score (nSPS) is 11.9. The molecular formula is C27H21BrN4. The molecule has 0 atom stereocenters. The number of H-pyrrole nitrogens is 1. The minimum Gasteiger partial charge on any atom is -0.340 e. The van der Waals surface area contributed by atoms with Crippen LogP contribution in [-0.2, 0) is 6.54 Å². The molecular weight excluding hydrogens is 460 g/mol. The van der Waals surface area contributed by atoms with Gasteiger partial charge in [0.15, 0.2) is 0 Å². The summed E-state index contributed by atoms with van der Waals surface area (Å²) in [5.74, 6) is 0.595. The summed E-state index contributed by atoms with van der Waals surface area (Å²) < 4.78 is 3.38. The number of hydrogen-bond acceptors (Lipinski definition) is 2. The monoisotopic (exact) mass is 480 g/mol. The molecule has 5 rings (SSSR count). The van der Waals surface area contributed by atoms with Crippen molar-refractivity contribution >= 4 is 49.5 Å². The lowest BCUT2D eigenvalue weighted by atomic mass is 10.1. The summed E-state index contributed by atoms with van der Waals surface area (Å²) in [5, 5.41) is 11.1. The van der Waals surface area contributed by atoms with Crippen molar-refractivity contribution in [3.63, 3.8) is 0 Å². The van der Waals surface area contributed by atoms with Crippen molar-refractivity contribution in [1.82, 2.24) is 14.5 Å². The first kappa shape index (κ1) is 20.3. The van der Waals surface area contributed by atoms with Gasteiger partial charge in [0.25, 0.3) is 0 Å². The Morgan fingerprint density at radius 3 is 2.66 bits per heavy atom. The quantitative estimate of drug-likeness (QED) is 0.281. The van der Waals surface area contributed by atoms with E-state index in [0.29, 0.717) is 11.4 Å². The van der Waals surface area contributed by atoms with Gasteiger partial charge in [-0.2, -0.15) is 5.26 Å². The van der Waals surface area contributed by atoms with Crippen LogP contribution in [0.4, 0.5) is 0 Å². The van der Waals surface area contributed by atoms with E-state index in [-0.39, 0.29) is 0 Å². The first-order chi connectivity index (χ1) is 15.5. The number of hydrogen-bond donors (Lipinski definition) is 1. The molecule has 0 aliphatic heterocycles. The van der Waals surface area contributed by atoms with E-state index in [9.17, 15) is 5.26 Å². The Bertz CT molecular complexity index is 1530. The molecule has 0 unspecified atom stereocenters. The number of nitriles is 1. The summed E-state index contributed by atoms with van der Waals surface area (Å²) >= 11 is 3.51. The zero-order valence-corrected chi connectivity index (χ0v) is 19.4. The molecule has 0 amide bonds. The van der Waals surface area contributed by atoms with Crippen LogP contribution in [0.25, 0.3) is 33.6 Å². The number of nitrogens with one attached hydrogen (secondary N) is 1. The molecule has 2 aromatic heterocycles. The third-order valence-electron chi connectivity index (χ3n) is 5.84. The average Bonchev–Trinajstić information content (AvgIpc) is 3.32. The van der Waals surface area contributed by atoms with Crippen LogP contribution in [0.2, 0.25) is 0 Å². The van der Waals surface area contributed by atoms with Crippen molar-refractivity contribution in [3.8, 4) is 6.07 Å². The van der Waals surface area contributed by atoms with E-state index in [1.165, 1.54) is 5.56 Å². The smallest absolute Gasteiger partial charge is 0.149 e. The third kappa shape index (κ3) is 3.63. The van der Waals surface area contributed by atoms with E-state index in [1.807, 2.05) is 31.2 Å². The molecule has 156 valence electrons. The number of benzene rings is 3. The Hall–Kier alpha value is -3.62. The summed E-state index contributed by atoms with van der Waals surface area (Å²) in [6.07, 6.45) is 1.96. The SMILES string of the molecule is Cc1ccc2nc(C(C#N)=Cc3c(C)n(Cc4ccc(Br)cc4)c4ccccc34)[nH]c2c1. The molecule has 0 fully saturated rings. The minimum absolute atomic E-state index is 0.522. The second-order valence-electron chi connectivity index (χ2n) is 8.00. The number of allylic oxidation sites excluding steroid dienone is 1. The van der Waals surface area contributed by atoms with E-state index in [1.54, 1.807) is 0 Å². The number of halogens is 1. The molecule has 32 heavy (non-hydrogen) atoms. The molecule has 5 aromatic rings. The standard InChI is InChI=1S/C27H21BrN4/c1-17-7-12-24-25(13-17)31-27(30-24)20(15-29)14-23-18(2)32(26-6-4-3-5-22(23)26)16-19-8-10-21(28)11-9-19/h3-14H,16H2,1-2H3,(H,30,31). The zero-order chi connectivity index (χ0) is 22.2. The fraction of sp³-hybridized carbons (Fsp3) is 0.111. The van der Waals surface area contributed by atoms with Crippen LogP contribution >= 0.6 is 15.9 Å². The number of rotatable bonds is 4. The molecule has 5 heteroatoms. The molecule has 2 heterocycles. The third-order valence-corrected chi connectivity index (χ3v) is 6.36. The van der Waals surface area contributed by atoms with Crippen LogP contribution in [0.5, 0.6) is 0 Å². The number of imidazole rings is 1. The second kappa shape index (κ2) is 8.14. The highest BCUT2D eigenvalue weighted by molar-refractivity contribution is 9.10.